The van der Waals surface area contributed by atoms with Gasteiger partial charge in [0.25, 0.3) is 5.91 Å². The van der Waals surface area contributed by atoms with Gasteiger partial charge in [-0.15, -0.1) is 0 Å². The first-order valence-corrected chi connectivity index (χ1v) is 9.78. The van der Waals surface area contributed by atoms with E-state index in [-0.39, 0.29) is 11.5 Å². The van der Waals surface area contributed by atoms with Crippen LogP contribution < -0.4 is 10.6 Å². The average molecular weight is 411 g/mol. The number of ether oxygens (including phenoxy) is 1. The molecule has 2 amide bonds. The molecule has 0 bridgehead atoms. The number of carbonyl (C=O) groups excluding carboxylic acids is 3. The molecule has 0 saturated heterocycles. The number of amides is 2. The van der Waals surface area contributed by atoms with Crippen molar-refractivity contribution in [2.45, 2.75) is 29.7 Å². The maximum Gasteiger partial charge on any atom is 0.339 e. The van der Waals surface area contributed by atoms with Crippen molar-refractivity contribution in [1.82, 2.24) is 10.6 Å². The summed E-state index contributed by atoms with van der Waals surface area (Å²) in [5.41, 5.74) is 0.786. The molecule has 150 valence electrons. The van der Waals surface area contributed by atoms with Crippen LogP contribution in [-0.4, -0.2) is 37.0 Å². The van der Waals surface area contributed by atoms with Gasteiger partial charge < -0.3 is 15.4 Å². The molecule has 0 aliphatic carbocycles. The van der Waals surface area contributed by atoms with E-state index in [1.165, 1.54) is 11.8 Å². The Kier molecular flexibility index (Phi) is 8.25. The maximum atomic E-state index is 12.5. The average Bonchev–Trinajstić information content (AvgIpc) is 2.73. The largest absolute Gasteiger partial charge is 0.452 e. The molecule has 0 aromatic heterocycles. The van der Waals surface area contributed by atoms with Crippen molar-refractivity contribution >= 4 is 29.5 Å². The third-order valence-corrected chi connectivity index (χ3v) is 4.94. The molecule has 8 heteroatoms. The molecule has 0 unspecified atom stereocenters. The standard InChI is InChI=1S/C21H21N3O4S/c1-3-23-20(26)14(2)24-19(25)13-28-21(27)16-9-5-7-11-18(16)29-17-10-6-4-8-15(17)12-22/h4-11,14H,3,13H2,1-2H3,(H,23,26)(H,24,25)/t14-/m1/s1. The predicted octanol–water partition coefficient (Wildman–Crippen LogP) is 2.51. The Balaban J connectivity index is 2.02. The second kappa shape index (κ2) is 10.9. The van der Waals surface area contributed by atoms with E-state index in [0.29, 0.717) is 21.9 Å². The maximum absolute atomic E-state index is 12.5. The normalized spacial score (nSPS) is 11.1. The van der Waals surface area contributed by atoms with E-state index in [1.54, 1.807) is 56.3 Å². The highest BCUT2D eigenvalue weighted by molar-refractivity contribution is 7.99. The minimum atomic E-state index is -0.730. The number of benzene rings is 2. The molecule has 29 heavy (non-hydrogen) atoms. The smallest absolute Gasteiger partial charge is 0.339 e. The Bertz CT molecular complexity index is 940. The number of carbonyl (C=O) groups is 3. The van der Waals surface area contributed by atoms with Crippen LogP contribution in [0.1, 0.15) is 29.8 Å². The molecule has 0 radical (unpaired) electrons. The fraction of sp³-hybridized carbons (Fsp3) is 0.238. The summed E-state index contributed by atoms with van der Waals surface area (Å²) in [4.78, 5) is 37.4. The number of nitriles is 1. The SMILES string of the molecule is CCNC(=O)[C@@H](C)NC(=O)COC(=O)c1ccccc1Sc1ccccc1C#N. The van der Waals surface area contributed by atoms with Gasteiger partial charge in [0.15, 0.2) is 6.61 Å². The van der Waals surface area contributed by atoms with Gasteiger partial charge >= 0.3 is 5.97 Å². The fourth-order valence-electron chi connectivity index (χ4n) is 2.38. The summed E-state index contributed by atoms with van der Waals surface area (Å²) in [7, 11) is 0. The van der Waals surface area contributed by atoms with Crippen molar-refractivity contribution in [1.29, 1.82) is 5.26 Å². The van der Waals surface area contributed by atoms with Gasteiger partial charge in [0, 0.05) is 16.3 Å². The highest BCUT2D eigenvalue weighted by Crippen LogP contribution is 2.32. The van der Waals surface area contributed by atoms with Crippen LogP contribution in [0.3, 0.4) is 0 Å². The molecule has 1 atom stereocenters. The third kappa shape index (κ3) is 6.36. The molecule has 0 spiro atoms. The zero-order valence-electron chi connectivity index (χ0n) is 16.1. The number of esters is 1. The lowest BCUT2D eigenvalue weighted by Gasteiger charge is -2.14. The quantitative estimate of drug-likeness (QED) is 0.646. The van der Waals surface area contributed by atoms with E-state index in [4.69, 9.17) is 4.74 Å². The van der Waals surface area contributed by atoms with E-state index in [9.17, 15) is 19.6 Å². The van der Waals surface area contributed by atoms with Crippen molar-refractivity contribution in [3.05, 3.63) is 59.7 Å². The Morgan fingerprint density at radius 1 is 1.10 bits per heavy atom. The number of rotatable bonds is 8. The van der Waals surface area contributed by atoms with Crippen molar-refractivity contribution < 1.29 is 19.1 Å². The minimum absolute atomic E-state index is 0.287. The molecule has 0 saturated carbocycles. The number of nitrogens with one attached hydrogen (secondary N) is 2. The van der Waals surface area contributed by atoms with E-state index >= 15 is 0 Å². The Labute approximate surface area is 173 Å². The summed E-state index contributed by atoms with van der Waals surface area (Å²) in [6.07, 6.45) is 0. The van der Waals surface area contributed by atoms with Gasteiger partial charge in [0.05, 0.1) is 11.1 Å². The van der Waals surface area contributed by atoms with E-state index < -0.39 is 24.5 Å². The second-order valence-corrected chi connectivity index (χ2v) is 7.05. The highest BCUT2D eigenvalue weighted by Gasteiger charge is 2.18. The van der Waals surface area contributed by atoms with Crippen LogP contribution in [0, 0.1) is 11.3 Å². The van der Waals surface area contributed by atoms with Crippen LogP contribution in [0.25, 0.3) is 0 Å². The first kappa shape index (κ1) is 22.0. The predicted molar refractivity (Wildman–Crippen MR) is 108 cm³/mol. The van der Waals surface area contributed by atoms with Gasteiger partial charge in [-0.25, -0.2) is 4.79 Å². The lowest BCUT2D eigenvalue weighted by molar-refractivity contribution is -0.130. The van der Waals surface area contributed by atoms with E-state index in [2.05, 4.69) is 16.7 Å². The number of likely N-dealkylation sites (N-methyl/N-ethyl adjacent to an activating group) is 1. The lowest BCUT2D eigenvalue weighted by atomic mass is 10.2. The molecule has 0 heterocycles. The summed E-state index contributed by atoms with van der Waals surface area (Å²) < 4.78 is 5.10. The van der Waals surface area contributed by atoms with Gasteiger partial charge in [-0.05, 0) is 38.1 Å². The van der Waals surface area contributed by atoms with Gasteiger partial charge in [-0.2, -0.15) is 5.26 Å². The summed E-state index contributed by atoms with van der Waals surface area (Å²) in [6, 6.07) is 15.3. The molecular formula is C21H21N3O4S. The summed E-state index contributed by atoms with van der Waals surface area (Å²) in [5.74, 6) is -1.55. The number of hydrogen-bond acceptors (Lipinski definition) is 6. The number of hydrogen-bond donors (Lipinski definition) is 2. The molecule has 0 fully saturated rings. The Hall–Kier alpha value is -3.31. The molecule has 0 aliphatic rings. The van der Waals surface area contributed by atoms with Crippen LogP contribution in [0.4, 0.5) is 0 Å². The second-order valence-electron chi connectivity index (χ2n) is 5.97. The molecule has 2 rings (SSSR count). The van der Waals surface area contributed by atoms with Gasteiger partial charge in [-0.1, -0.05) is 36.0 Å². The van der Waals surface area contributed by atoms with Crippen LogP contribution >= 0.6 is 11.8 Å². The van der Waals surface area contributed by atoms with Crippen LogP contribution in [0.15, 0.2) is 58.3 Å². The van der Waals surface area contributed by atoms with Gasteiger partial charge in [0.2, 0.25) is 5.91 Å². The van der Waals surface area contributed by atoms with Crippen LogP contribution in [0.5, 0.6) is 0 Å². The lowest BCUT2D eigenvalue weighted by Crippen LogP contribution is -2.46. The minimum Gasteiger partial charge on any atom is -0.452 e. The first-order chi connectivity index (χ1) is 14.0. The Morgan fingerprint density at radius 3 is 2.45 bits per heavy atom. The zero-order chi connectivity index (χ0) is 21.2. The van der Waals surface area contributed by atoms with Crippen LogP contribution in [0.2, 0.25) is 0 Å². The van der Waals surface area contributed by atoms with Crippen molar-refractivity contribution in [3.8, 4) is 6.07 Å². The molecular weight excluding hydrogens is 390 g/mol. The van der Waals surface area contributed by atoms with Gasteiger partial charge in [-0.3, -0.25) is 9.59 Å². The molecule has 2 N–H and O–H groups in total. The van der Waals surface area contributed by atoms with Crippen LogP contribution in [-0.2, 0) is 14.3 Å². The molecule has 0 aliphatic heterocycles. The topological polar surface area (TPSA) is 108 Å². The summed E-state index contributed by atoms with van der Waals surface area (Å²) >= 11 is 1.27. The van der Waals surface area contributed by atoms with E-state index in [1.807, 2.05) is 6.07 Å². The first-order valence-electron chi connectivity index (χ1n) is 8.96. The number of nitrogens with zero attached hydrogens (tertiary/aromatic N) is 1. The monoisotopic (exact) mass is 411 g/mol. The molecule has 2 aromatic rings. The Morgan fingerprint density at radius 2 is 1.76 bits per heavy atom. The highest BCUT2D eigenvalue weighted by atomic mass is 32.2. The van der Waals surface area contributed by atoms with Crippen molar-refractivity contribution in [3.63, 3.8) is 0 Å². The van der Waals surface area contributed by atoms with Gasteiger partial charge in [0.1, 0.15) is 12.1 Å². The fourth-order valence-corrected chi connectivity index (χ4v) is 3.39. The third-order valence-electron chi connectivity index (χ3n) is 3.79. The molecule has 7 nitrogen and oxygen atoms in total. The van der Waals surface area contributed by atoms with E-state index in [0.717, 1.165) is 0 Å². The van der Waals surface area contributed by atoms with Crippen molar-refractivity contribution in [2.24, 2.45) is 0 Å². The zero-order valence-corrected chi connectivity index (χ0v) is 16.9. The summed E-state index contributed by atoms with van der Waals surface area (Å²) in [5, 5.41) is 14.3. The van der Waals surface area contributed by atoms with Crippen molar-refractivity contribution in [2.75, 3.05) is 13.2 Å². The molecule has 2 aromatic carbocycles. The summed E-state index contributed by atoms with van der Waals surface area (Å²) in [6.45, 7) is 3.27.